The van der Waals surface area contributed by atoms with E-state index in [1.165, 1.54) is 12.1 Å². The molecule has 0 amide bonds. The van der Waals surface area contributed by atoms with E-state index in [1.54, 1.807) is 18.2 Å². The highest BCUT2D eigenvalue weighted by Crippen LogP contribution is 2.32. The quantitative estimate of drug-likeness (QED) is 0.881. The van der Waals surface area contributed by atoms with Crippen molar-refractivity contribution >= 4 is 6.29 Å². The summed E-state index contributed by atoms with van der Waals surface area (Å²) in [4.78, 5) is 10.8. The first-order valence-electron chi connectivity index (χ1n) is 6.63. The van der Waals surface area contributed by atoms with Gasteiger partial charge >= 0.3 is 6.36 Å². The van der Waals surface area contributed by atoms with Gasteiger partial charge in [-0.25, -0.2) is 0 Å². The van der Waals surface area contributed by atoms with Crippen LogP contribution in [0.5, 0.6) is 5.75 Å². The van der Waals surface area contributed by atoms with Crippen LogP contribution in [-0.2, 0) is 6.54 Å². The van der Waals surface area contributed by atoms with Crippen molar-refractivity contribution in [3.63, 3.8) is 0 Å². The number of rotatable bonds is 3. The molecule has 1 aliphatic heterocycles. The second-order valence-electron chi connectivity index (χ2n) is 5.01. The molecule has 3 rings (SSSR count). The predicted molar refractivity (Wildman–Crippen MR) is 73.6 cm³/mol. The van der Waals surface area contributed by atoms with Crippen molar-refractivity contribution in [2.75, 3.05) is 0 Å². The summed E-state index contributed by atoms with van der Waals surface area (Å²) in [7, 11) is 0. The maximum absolute atomic E-state index is 12.1. The van der Waals surface area contributed by atoms with E-state index in [9.17, 15) is 18.0 Å². The molecular formula is C16H12F3NO2. The van der Waals surface area contributed by atoms with Gasteiger partial charge in [0.2, 0.25) is 0 Å². The van der Waals surface area contributed by atoms with Gasteiger partial charge in [-0.3, -0.25) is 4.79 Å². The van der Waals surface area contributed by atoms with Crippen molar-refractivity contribution in [3.05, 3.63) is 64.7 Å². The minimum absolute atomic E-state index is 0.101. The molecule has 2 aromatic carbocycles. The maximum Gasteiger partial charge on any atom is 0.573 e. The van der Waals surface area contributed by atoms with Crippen LogP contribution in [0.25, 0.3) is 0 Å². The third-order valence-electron chi connectivity index (χ3n) is 3.56. The Morgan fingerprint density at radius 1 is 1.14 bits per heavy atom. The summed E-state index contributed by atoms with van der Waals surface area (Å²) in [5.74, 6) is -0.245. The van der Waals surface area contributed by atoms with Gasteiger partial charge in [0.15, 0.2) is 0 Å². The minimum Gasteiger partial charge on any atom is -0.406 e. The van der Waals surface area contributed by atoms with Crippen LogP contribution in [0.1, 0.15) is 33.1 Å². The molecule has 0 bridgehead atoms. The third-order valence-corrected chi connectivity index (χ3v) is 3.56. The van der Waals surface area contributed by atoms with Crippen molar-refractivity contribution in [2.24, 2.45) is 0 Å². The number of alkyl halides is 3. The average molecular weight is 307 g/mol. The highest BCUT2D eigenvalue weighted by atomic mass is 19.4. The SMILES string of the molecule is O=Cc1ccc2c(c1)CNC2c1ccc(OC(F)(F)F)cc1. The number of halogens is 3. The second kappa shape index (κ2) is 5.46. The molecule has 0 radical (unpaired) electrons. The number of hydrogen-bond donors (Lipinski definition) is 1. The fraction of sp³-hybridized carbons (Fsp3) is 0.188. The lowest BCUT2D eigenvalue weighted by Gasteiger charge is -2.14. The van der Waals surface area contributed by atoms with E-state index >= 15 is 0 Å². The molecule has 0 saturated heterocycles. The van der Waals surface area contributed by atoms with E-state index in [1.807, 2.05) is 12.1 Å². The Morgan fingerprint density at radius 3 is 2.50 bits per heavy atom. The molecule has 0 fully saturated rings. The molecule has 0 spiro atoms. The molecule has 1 heterocycles. The van der Waals surface area contributed by atoms with Crippen LogP contribution in [0.2, 0.25) is 0 Å². The predicted octanol–water partition coefficient (Wildman–Crippen LogP) is 3.59. The van der Waals surface area contributed by atoms with E-state index in [4.69, 9.17) is 0 Å². The van der Waals surface area contributed by atoms with Gasteiger partial charge in [-0.15, -0.1) is 13.2 Å². The summed E-state index contributed by atoms with van der Waals surface area (Å²) in [5, 5.41) is 3.28. The molecule has 1 atom stereocenters. The molecule has 0 saturated carbocycles. The molecule has 2 aromatic rings. The highest BCUT2D eigenvalue weighted by Gasteiger charge is 2.31. The van der Waals surface area contributed by atoms with Gasteiger partial charge in [-0.2, -0.15) is 0 Å². The van der Waals surface area contributed by atoms with Crippen molar-refractivity contribution in [3.8, 4) is 5.75 Å². The van der Waals surface area contributed by atoms with Gasteiger partial charge in [0, 0.05) is 12.1 Å². The standard InChI is InChI=1S/C16H12F3NO2/c17-16(18,19)22-13-4-2-11(3-5-13)15-14-6-1-10(9-21)7-12(14)8-20-15/h1-7,9,15,20H,8H2. The Morgan fingerprint density at radius 2 is 1.86 bits per heavy atom. The van der Waals surface area contributed by atoms with E-state index in [0.717, 1.165) is 23.0 Å². The number of hydrogen-bond acceptors (Lipinski definition) is 3. The van der Waals surface area contributed by atoms with E-state index in [2.05, 4.69) is 10.1 Å². The molecule has 0 aromatic heterocycles. The van der Waals surface area contributed by atoms with Crippen molar-refractivity contribution in [2.45, 2.75) is 18.9 Å². The number of benzene rings is 2. The lowest BCUT2D eigenvalue weighted by atomic mass is 9.97. The van der Waals surface area contributed by atoms with Crippen molar-refractivity contribution < 1.29 is 22.7 Å². The van der Waals surface area contributed by atoms with Gasteiger partial charge in [0.1, 0.15) is 12.0 Å². The number of nitrogens with one attached hydrogen (secondary N) is 1. The van der Waals surface area contributed by atoms with Crippen LogP contribution in [0.3, 0.4) is 0 Å². The molecule has 1 N–H and O–H groups in total. The van der Waals surface area contributed by atoms with Gasteiger partial charge in [-0.1, -0.05) is 24.3 Å². The van der Waals surface area contributed by atoms with Crippen molar-refractivity contribution in [1.29, 1.82) is 0 Å². The molecule has 3 nitrogen and oxygen atoms in total. The Labute approximate surface area is 124 Å². The van der Waals surface area contributed by atoms with Gasteiger partial charge in [0.25, 0.3) is 0 Å². The second-order valence-corrected chi connectivity index (χ2v) is 5.01. The van der Waals surface area contributed by atoms with Crippen LogP contribution in [-0.4, -0.2) is 12.6 Å². The van der Waals surface area contributed by atoms with Gasteiger partial charge < -0.3 is 10.1 Å². The molecule has 1 aliphatic rings. The van der Waals surface area contributed by atoms with Crippen LogP contribution in [0.15, 0.2) is 42.5 Å². The summed E-state index contributed by atoms with van der Waals surface area (Å²) in [5.41, 5.74) is 3.49. The first-order valence-corrected chi connectivity index (χ1v) is 6.63. The number of carbonyl (C=O) groups excluding carboxylic acids is 1. The van der Waals surface area contributed by atoms with E-state index in [-0.39, 0.29) is 11.8 Å². The minimum atomic E-state index is -4.69. The summed E-state index contributed by atoms with van der Waals surface area (Å²) in [6, 6.07) is 11.1. The topological polar surface area (TPSA) is 38.3 Å². The normalized spacial score (nSPS) is 17.1. The molecular weight excluding hydrogens is 295 g/mol. The number of aldehydes is 1. The third kappa shape index (κ3) is 2.96. The number of ether oxygens (including phenoxy) is 1. The van der Waals surface area contributed by atoms with Crippen LogP contribution in [0.4, 0.5) is 13.2 Å². The molecule has 22 heavy (non-hydrogen) atoms. The number of carbonyl (C=O) groups is 1. The average Bonchev–Trinajstić information content (AvgIpc) is 2.89. The van der Waals surface area contributed by atoms with Crippen LogP contribution in [0, 0.1) is 0 Å². The number of fused-ring (bicyclic) bond motifs is 1. The van der Waals surface area contributed by atoms with Crippen LogP contribution >= 0.6 is 0 Å². The zero-order valence-corrected chi connectivity index (χ0v) is 11.4. The Balaban J connectivity index is 1.84. The van der Waals surface area contributed by atoms with Crippen molar-refractivity contribution in [1.82, 2.24) is 5.32 Å². The summed E-state index contributed by atoms with van der Waals surface area (Å²) < 4.78 is 40.3. The van der Waals surface area contributed by atoms with E-state index < -0.39 is 6.36 Å². The Kier molecular flexibility index (Phi) is 3.62. The summed E-state index contributed by atoms with van der Waals surface area (Å²) in [6.45, 7) is 0.614. The Hall–Kier alpha value is -2.34. The maximum atomic E-state index is 12.1. The monoisotopic (exact) mass is 307 g/mol. The van der Waals surface area contributed by atoms with Crippen LogP contribution < -0.4 is 10.1 Å². The van der Waals surface area contributed by atoms with Gasteiger partial charge in [-0.05, 0) is 34.9 Å². The zero-order chi connectivity index (χ0) is 15.7. The molecule has 1 unspecified atom stereocenters. The molecule has 6 heteroatoms. The first-order chi connectivity index (χ1) is 10.5. The summed E-state index contributed by atoms with van der Waals surface area (Å²) >= 11 is 0. The Bertz CT molecular complexity index is 696. The lowest BCUT2D eigenvalue weighted by Crippen LogP contribution is -2.17. The van der Waals surface area contributed by atoms with E-state index in [0.29, 0.717) is 12.1 Å². The molecule has 114 valence electrons. The summed E-state index contributed by atoms with van der Waals surface area (Å²) in [6.07, 6.45) is -3.90. The fourth-order valence-electron chi connectivity index (χ4n) is 2.62. The first kappa shape index (κ1) is 14.6. The lowest BCUT2D eigenvalue weighted by molar-refractivity contribution is -0.274. The smallest absolute Gasteiger partial charge is 0.406 e. The largest absolute Gasteiger partial charge is 0.573 e. The van der Waals surface area contributed by atoms with Gasteiger partial charge in [0.05, 0.1) is 6.04 Å². The zero-order valence-electron chi connectivity index (χ0n) is 11.4. The molecule has 0 aliphatic carbocycles. The fourth-order valence-corrected chi connectivity index (χ4v) is 2.62. The highest BCUT2D eigenvalue weighted by molar-refractivity contribution is 5.75.